The van der Waals surface area contributed by atoms with E-state index in [1.54, 1.807) is 10.8 Å². The summed E-state index contributed by atoms with van der Waals surface area (Å²) in [6.07, 6.45) is 1.62. The number of aromatic nitrogens is 1. The van der Waals surface area contributed by atoms with E-state index in [0.29, 0.717) is 10.7 Å². The van der Waals surface area contributed by atoms with Gasteiger partial charge in [-0.3, -0.25) is 4.79 Å². The summed E-state index contributed by atoms with van der Waals surface area (Å²) < 4.78 is 1.67. The summed E-state index contributed by atoms with van der Waals surface area (Å²) in [6.45, 7) is 4.51. The molecule has 1 amide bonds. The van der Waals surface area contributed by atoms with Crippen molar-refractivity contribution in [2.24, 2.45) is 0 Å². The van der Waals surface area contributed by atoms with E-state index in [9.17, 15) is 14.7 Å². The lowest BCUT2D eigenvalue weighted by molar-refractivity contribution is -0.155. The van der Waals surface area contributed by atoms with Crippen molar-refractivity contribution in [3.63, 3.8) is 0 Å². The van der Waals surface area contributed by atoms with Crippen molar-refractivity contribution >= 4 is 23.5 Å². The van der Waals surface area contributed by atoms with E-state index in [2.05, 4.69) is 5.32 Å². The Balaban J connectivity index is 2.82. The lowest BCUT2D eigenvalue weighted by atomic mass is 10.1. The number of amides is 1. The van der Waals surface area contributed by atoms with Crippen molar-refractivity contribution in [3.05, 3.63) is 23.0 Å². The smallest absolute Gasteiger partial charge is 0.337 e. The van der Waals surface area contributed by atoms with E-state index in [1.165, 1.54) is 6.07 Å². The monoisotopic (exact) mass is 288 g/mol. The average molecular weight is 289 g/mol. The normalized spacial score (nSPS) is 14.2. The number of nitrogens with one attached hydrogen (secondary N) is 1. The predicted octanol–water partition coefficient (Wildman–Crippen LogP) is 1.29. The van der Waals surface area contributed by atoms with Gasteiger partial charge in [-0.2, -0.15) is 0 Å². The van der Waals surface area contributed by atoms with Gasteiger partial charge in [0.25, 0.3) is 5.91 Å². The molecule has 19 heavy (non-hydrogen) atoms. The molecule has 3 N–H and O–H groups in total. The van der Waals surface area contributed by atoms with Gasteiger partial charge in [0, 0.05) is 12.2 Å². The highest BCUT2D eigenvalue weighted by molar-refractivity contribution is 6.31. The minimum Gasteiger partial charge on any atom is -0.479 e. The minimum absolute atomic E-state index is 0.0354. The summed E-state index contributed by atoms with van der Waals surface area (Å²) in [5, 5.41) is 21.1. The maximum Gasteiger partial charge on any atom is 0.337 e. The van der Waals surface area contributed by atoms with E-state index < -0.39 is 17.5 Å². The molecule has 0 fully saturated rings. The molecule has 1 atom stereocenters. The number of carbonyl (C=O) groups is 2. The number of carboxylic acid groups (broad SMARTS) is 1. The Morgan fingerprint density at radius 1 is 1.53 bits per heavy atom. The number of rotatable bonds is 5. The first-order valence-electron chi connectivity index (χ1n) is 5.76. The van der Waals surface area contributed by atoms with Gasteiger partial charge in [-0.25, -0.2) is 4.79 Å². The van der Waals surface area contributed by atoms with Crippen LogP contribution in [-0.4, -0.2) is 38.8 Å². The summed E-state index contributed by atoms with van der Waals surface area (Å²) in [4.78, 5) is 22.7. The van der Waals surface area contributed by atoms with Gasteiger partial charge in [0.2, 0.25) is 0 Å². The molecular formula is C12H17ClN2O4. The standard InChI is InChI=1S/C12H17ClN2O4/c1-7(2)15-5-8(13)4-9(15)10(16)14-6-12(3,19)11(17)18/h4-5,7,19H,6H2,1-3H3,(H,14,16)(H,17,18). The quantitative estimate of drug-likeness (QED) is 0.761. The number of carboxylic acids is 1. The molecule has 1 aromatic rings. The number of hydrogen-bond donors (Lipinski definition) is 3. The Labute approximate surface area is 116 Å². The van der Waals surface area contributed by atoms with Crippen molar-refractivity contribution < 1.29 is 19.8 Å². The van der Waals surface area contributed by atoms with Crippen LogP contribution in [0.1, 0.15) is 37.3 Å². The van der Waals surface area contributed by atoms with Gasteiger partial charge in [0.1, 0.15) is 5.69 Å². The van der Waals surface area contributed by atoms with Crippen LogP contribution in [0.25, 0.3) is 0 Å². The van der Waals surface area contributed by atoms with Gasteiger partial charge < -0.3 is 20.1 Å². The third-order valence-electron chi connectivity index (χ3n) is 2.66. The van der Waals surface area contributed by atoms with E-state index in [0.717, 1.165) is 6.92 Å². The SMILES string of the molecule is CC(C)n1cc(Cl)cc1C(=O)NCC(C)(O)C(=O)O. The highest BCUT2D eigenvalue weighted by Gasteiger charge is 2.30. The third-order valence-corrected chi connectivity index (χ3v) is 2.86. The van der Waals surface area contributed by atoms with Gasteiger partial charge in [-0.1, -0.05) is 11.6 Å². The van der Waals surface area contributed by atoms with E-state index in [1.807, 2.05) is 13.8 Å². The Kier molecular flexibility index (Phi) is 4.60. The molecule has 106 valence electrons. The van der Waals surface area contributed by atoms with Crippen LogP contribution in [-0.2, 0) is 4.79 Å². The van der Waals surface area contributed by atoms with Gasteiger partial charge in [0.05, 0.1) is 11.6 Å². The molecule has 1 rings (SSSR count). The molecule has 6 nitrogen and oxygen atoms in total. The van der Waals surface area contributed by atoms with Crippen molar-refractivity contribution in [1.29, 1.82) is 0 Å². The molecule has 1 unspecified atom stereocenters. The van der Waals surface area contributed by atoms with E-state index in [4.69, 9.17) is 16.7 Å². The lowest BCUT2D eigenvalue weighted by Gasteiger charge is -2.19. The van der Waals surface area contributed by atoms with Gasteiger partial charge in [0.15, 0.2) is 5.60 Å². The van der Waals surface area contributed by atoms with Crippen LogP contribution < -0.4 is 5.32 Å². The Morgan fingerprint density at radius 2 is 2.11 bits per heavy atom. The molecule has 1 aromatic heterocycles. The van der Waals surface area contributed by atoms with E-state index in [-0.39, 0.29) is 12.6 Å². The van der Waals surface area contributed by atoms with Crippen molar-refractivity contribution in [3.8, 4) is 0 Å². The maximum atomic E-state index is 12.0. The Hall–Kier alpha value is -1.53. The van der Waals surface area contributed by atoms with Gasteiger partial charge in [-0.05, 0) is 26.8 Å². The molecule has 0 bridgehead atoms. The number of nitrogens with zero attached hydrogens (tertiary/aromatic N) is 1. The second kappa shape index (κ2) is 5.63. The molecule has 7 heteroatoms. The summed E-state index contributed by atoms with van der Waals surface area (Å²) >= 11 is 5.85. The number of carbonyl (C=O) groups excluding carboxylic acids is 1. The van der Waals surface area contributed by atoms with Crippen LogP contribution >= 0.6 is 11.6 Å². The predicted molar refractivity (Wildman–Crippen MR) is 70.4 cm³/mol. The largest absolute Gasteiger partial charge is 0.479 e. The van der Waals surface area contributed by atoms with Gasteiger partial charge in [-0.15, -0.1) is 0 Å². The second-order valence-corrected chi connectivity index (χ2v) is 5.24. The van der Waals surface area contributed by atoms with Crippen LogP contribution in [0.15, 0.2) is 12.3 Å². The lowest BCUT2D eigenvalue weighted by Crippen LogP contribution is -2.46. The highest BCUT2D eigenvalue weighted by atomic mass is 35.5. The fourth-order valence-corrected chi connectivity index (χ4v) is 1.68. The summed E-state index contributed by atoms with van der Waals surface area (Å²) in [5.41, 5.74) is -1.68. The molecule has 0 radical (unpaired) electrons. The van der Waals surface area contributed by atoms with Crippen molar-refractivity contribution in [1.82, 2.24) is 9.88 Å². The summed E-state index contributed by atoms with van der Waals surface area (Å²) in [5.74, 6) is -1.88. The molecule has 0 aliphatic heterocycles. The van der Waals surface area contributed by atoms with Gasteiger partial charge >= 0.3 is 5.97 Å². The number of aliphatic hydroxyl groups is 1. The van der Waals surface area contributed by atoms with Crippen LogP contribution in [0.3, 0.4) is 0 Å². The topological polar surface area (TPSA) is 91.6 Å². The van der Waals surface area contributed by atoms with Crippen LogP contribution in [0.4, 0.5) is 0 Å². The minimum atomic E-state index is -2.01. The fraction of sp³-hybridized carbons (Fsp3) is 0.500. The Morgan fingerprint density at radius 3 is 2.58 bits per heavy atom. The Bertz CT molecular complexity index is 494. The maximum absolute atomic E-state index is 12.0. The molecule has 1 heterocycles. The van der Waals surface area contributed by atoms with Crippen molar-refractivity contribution in [2.75, 3.05) is 6.54 Å². The average Bonchev–Trinajstić information content (AvgIpc) is 2.68. The van der Waals surface area contributed by atoms with Crippen LogP contribution in [0.2, 0.25) is 5.02 Å². The molecular weight excluding hydrogens is 272 g/mol. The first-order chi connectivity index (χ1) is 8.65. The first-order valence-corrected chi connectivity index (χ1v) is 6.14. The molecule has 0 saturated heterocycles. The zero-order valence-corrected chi connectivity index (χ0v) is 11.7. The zero-order valence-electron chi connectivity index (χ0n) is 11.0. The van der Waals surface area contributed by atoms with E-state index >= 15 is 0 Å². The van der Waals surface area contributed by atoms with Crippen LogP contribution in [0, 0.1) is 0 Å². The fourth-order valence-electron chi connectivity index (χ4n) is 1.47. The highest BCUT2D eigenvalue weighted by Crippen LogP contribution is 2.18. The summed E-state index contributed by atoms with van der Waals surface area (Å²) in [7, 11) is 0. The first kappa shape index (κ1) is 15.5. The molecule has 0 aliphatic carbocycles. The zero-order chi connectivity index (χ0) is 14.8. The molecule has 0 aliphatic rings. The molecule has 0 aromatic carbocycles. The number of aliphatic carboxylic acids is 1. The second-order valence-electron chi connectivity index (χ2n) is 4.81. The van der Waals surface area contributed by atoms with Crippen molar-refractivity contribution in [2.45, 2.75) is 32.4 Å². The third kappa shape index (κ3) is 3.71. The number of hydrogen-bond acceptors (Lipinski definition) is 3. The number of halogens is 1. The van der Waals surface area contributed by atoms with Crippen LogP contribution in [0.5, 0.6) is 0 Å². The molecule has 0 saturated carbocycles. The molecule has 0 spiro atoms. The summed E-state index contributed by atoms with van der Waals surface area (Å²) in [6, 6.07) is 1.53.